The van der Waals surface area contributed by atoms with Crippen LogP contribution in [0.4, 0.5) is 0 Å². The summed E-state index contributed by atoms with van der Waals surface area (Å²) in [5.74, 6) is -6.35. The molecule has 1 aliphatic heterocycles. The van der Waals surface area contributed by atoms with Crippen molar-refractivity contribution in [3.63, 3.8) is 0 Å². The predicted molar refractivity (Wildman–Crippen MR) is 130 cm³/mol. The predicted octanol–water partition coefficient (Wildman–Crippen LogP) is 1.98. The number of rotatable bonds is 10. The van der Waals surface area contributed by atoms with Gasteiger partial charge in [0.05, 0.1) is 55.1 Å². The Balaban J connectivity index is 0.00000111. The molecule has 0 amide bonds. The van der Waals surface area contributed by atoms with Crippen molar-refractivity contribution in [1.82, 2.24) is 5.32 Å². The molecule has 11 nitrogen and oxygen atoms in total. The average molecular weight is 534 g/mol. The number of nitrogens with one attached hydrogen (secondary N) is 1. The van der Waals surface area contributed by atoms with Gasteiger partial charge in [0.15, 0.2) is 0 Å². The first kappa shape index (κ1) is 18.6. The number of carboxylic acid groups (broad SMARTS) is 2. The molecule has 0 aliphatic carbocycles. The van der Waals surface area contributed by atoms with Crippen LogP contribution < -0.4 is 11.1 Å². The van der Waals surface area contributed by atoms with Crippen LogP contribution in [0.3, 0.4) is 0 Å². The second-order valence-corrected chi connectivity index (χ2v) is 6.95. The van der Waals surface area contributed by atoms with Crippen LogP contribution in [0.5, 0.6) is 0 Å². The van der Waals surface area contributed by atoms with Crippen LogP contribution in [0.1, 0.15) is 37.6 Å². The van der Waals surface area contributed by atoms with Crippen molar-refractivity contribution in [2.24, 2.45) is 5.73 Å². The zero-order chi connectivity index (χ0) is 35.1. The van der Waals surface area contributed by atoms with Crippen LogP contribution in [0.25, 0.3) is 0 Å². The van der Waals surface area contributed by atoms with Gasteiger partial charge in [-0.05, 0) is 25.4 Å². The fraction of sp³-hybridized carbons (Fsp3) is 0.333. The summed E-state index contributed by atoms with van der Waals surface area (Å²) in [4.78, 5) is 45.3. The van der Waals surface area contributed by atoms with Crippen molar-refractivity contribution in [2.45, 2.75) is 19.7 Å². The number of aliphatic carboxylic acids is 2. The van der Waals surface area contributed by atoms with Crippen LogP contribution in [0, 0.1) is 0 Å². The first-order valence-corrected chi connectivity index (χ1v) is 10.1. The molecule has 0 bridgehead atoms. The number of ether oxygens (including phenoxy) is 3. The molecule has 0 fully saturated rings. The molecule has 12 heteroatoms. The second kappa shape index (κ2) is 15.4. The number of carboxylic acids is 2. The number of halogens is 1. The summed E-state index contributed by atoms with van der Waals surface area (Å²) >= 11 is 6.36. The summed E-state index contributed by atoms with van der Waals surface area (Å²) in [6.45, 7) is -12.3. The van der Waals surface area contributed by atoms with E-state index in [0.717, 1.165) is 7.11 Å². The Hall–Kier alpha value is -3.67. The summed E-state index contributed by atoms with van der Waals surface area (Å²) in [6, 6.07) is 6.01. The Labute approximate surface area is 225 Å². The molecule has 36 heavy (non-hydrogen) atoms. The summed E-state index contributed by atoms with van der Waals surface area (Å²) in [5, 5.41) is 18.4. The minimum atomic E-state index is -3.46. The van der Waals surface area contributed by atoms with Gasteiger partial charge in [-0.1, -0.05) is 29.8 Å². The number of hydrogen-bond acceptors (Lipinski definition) is 9. The zero-order valence-corrected chi connectivity index (χ0v) is 19.7. The van der Waals surface area contributed by atoms with Crippen molar-refractivity contribution in [1.29, 1.82) is 0 Å². The molecule has 5 N–H and O–H groups in total. The molecule has 1 aliphatic rings. The number of esters is 2. The largest absolute Gasteiger partial charge is 0.478 e. The number of carbonyl (C=O) groups is 4. The van der Waals surface area contributed by atoms with Crippen LogP contribution in [-0.4, -0.2) is 67.4 Å². The molecule has 2 rings (SSSR count). The topological polar surface area (TPSA) is 174 Å². The van der Waals surface area contributed by atoms with E-state index in [0.29, 0.717) is 12.2 Å². The third-order valence-corrected chi connectivity index (χ3v) is 4.69. The molecule has 1 unspecified atom stereocenters. The van der Waals surface area contributed by atoms with E-state index in [9.17, 15) is 19.2 Å². The normalized spacial score (nSPS) is 20.3. The maximum Gasteiger partial charge on any atom is 0.336 e. The van der Waals surface area contributed by atoms with Gasteiger partial charge < -0.3 is 35.5 Å². The number of allylic oxidation sites excluding steroid dienone is 1. The molecule has 0 saturated carbocycles. The fourth-order valence-electron chi connectivity index (χ4n) is 3.05. The molecule has 0 saturated heterocycles. The molecular formula is C24H29ClN2O9. The maximum atomic E-state index is 13.4. The van der Waals surface area contributed by atoms with Gasteiger partial charge in [-0.25, -0.2) is 19.2 Å². The monoisotopic (exact) mass is 533 g/mol. The lowest BCUT2D eigenvalue weighted by atomic mass is 9.80. The highest BCUT2D eigenvalue weighted by molar-refractivity contribution is 6.31. The van der Waals surface area contributed by atoms with E-state index >= 15 is 0 Å². The molecule has 1 aromatic rings. The highest BCUT2D eigenvalue weighted by Gasteiger charge is 2.39. The lowest BCUT2D eigenvalue weighted by Gasteiger charge is -2.31. The smallest absolute Gasteiger partial charge is 0.336 e. The highest BCUT2D eigenvalue weighted by atomic mass is 35.5. The molecule has 1 aromatic carbocycles. The van der Waals surface area contributed by atoms with E-state index in [1.165, 1.54) is 25.1 Å². The molecule has 1 heterocycles. The molecular weight excluding hydrogens is 496 g/mol. The van der Waals surface area contributed by atoms with Gasteiger partial charge in [0.2, 0.25) is 0 Å². The second-order valence-electron chi connectivity index (χ2n) is 6.54. The minimum absolute atomic E-state index is 0.0709. The fourth-order valence-corrected chi connectivity index (χ4v) is 3.29. The lowest BCUT2D eigenvalue weighted by Crippen LogP contribution is -2.35. The molecule has 1 atom stereocenters. The van der Waals surface area contributed by atoms with Crippen LogP contribution in [0.2, 0.25) is 5.02 Å². The van der Waals surface area contributed by atoms with E-state index in [-0.39, 0.29) is 27.6 Å². The van der Waals surface area contributed by atoms with Gasteiger partial charge in [0.1, 0.15) is 0 Å². The summed E-state index contributed by atoms with van der Waals surface area (Å²) in [7, 11) is 1.08. The molecule has 0 spiro atoms. The number of nitrogens with two attached hydrogens (primary N) is 1. The van der Waals surface area contributed by atoms with Crippen LogP contribution >= 0.6 is 11.6 Å². The van der Waals surface area contributed by atoms with Crippen molar-refractivity contribution < 1.29 is 55.9 Å². The SMILES string of the molecule is O=C(O)/C=C\C(=O)O.[2H]C([2H])([2H])C([2H])([2H])OC(=O)C1=C(COC([2H])([2H])C([2H])([2H])N)NC(C)=C(C(=O)OC)C1c1ccccc1Cl. The van der Waals surface area contributed by atoms with E-state index in [1.54, 1.807) is 6.07 Å². The standard InChI is InChI=1S/C20H25ClN2O5.C4H4O4/c1-4-28-20(25)18-15(11-27-10-9-22)23-12(2)16(19(24)26-3)17(18)13-7-5-6-8-14(13)21;5-3(6)1-2-4(7)8/h5-8,17,23H,4,9-11,22H2,1-3H3;1-2H,(H,5,6)(H,7,8)/b;2-1-/i1D3,4D2,9D2,10D2;. The Morgan fingerprint density at radius 1 is 1.17 bits per heavy atom. The van der Waals surface area contributed by atoms with E-state index in [2.05, 4.69) is 5.32 Å². The number of methoxy groups -OCH3 is 1. The lowest BCUT2D eigenvalue weighted by molar-refractivity contribution is -0.139. The first-order valence-electron chi connectivity index (χ1n) is 14.2. The number of hydrogen-bond donors (Lipinski definition) is 4. The van der Waals surface area contributed by atoms with E-state index in [1.807, 2.05) is 0 Å². The summed E-state index contributed by atoms with van der Waals surface area (Å²) in [6.07, 6.45) is 1.12. The van der Waals surface area contributed by atoms with Crippen LogP contribution in [0.15, 0.2) is 59.0 Å². The minimum Gasteiger partial charge on any atom is -0.478 e. The molecule has 0 aromatic heterocycles. The van der Waals surface area contributed by atoms with Gasteiger partial charge in [0, 0.05) is 36.2 Å². The van der Waals surface area contributed by atoms with Crippen LogP contribution in [-0.2, 0) is 33.4 Å². The third kappa shape index (κ3) is 8.84. The third-order valence-electron chi connectivity index (χ3n) is 4.35. The Kier molecular flexibility index (Phi) is 7.92. The number of carbonyl (C=O) groups excluding carboxylic acids is 2. The van der Waals surface area contributed by atoms with Gasteiger partial charge in [-0.2, -0.15) is 0 Å². The van der Waals surface area contributed by atoms with Gasteiger partial charge in [-0.3, -0.25) is 0 Å². The maximum absolute atomic E-state index is 13.4. The zero-order valence-electron chi connectivity index (χ0n) is 28.0. The summed E-state index contributed by atoms with van der Waals surface area (Å²) in [5.41, 5.74) is 4.49. The Morgan fingerprint density at radius 3 is 2.33 bits per heavy atom. The molecule has 0 radical (unpaired) electrons. The van der Waals surface area contributed by atoms with Gasteiger partial charge in [0.25, 0.3) is 0 Å². The van der Waals surface area contributed by atoms with Crippen molar-refractivity contribution in [2.75, 3.05) is 33.3 Å². The van der Waals surface area contributed by atoms with Crippen molar-refractivity contribution in [3.05, 3.63) is 69.5 Å². The van der Waals surface area contributed by atoms with E-state index < -0.39 is 68.4 Å². The van der Waals surface area contributed by atoms with E-state index in [4.69, 9.17) is 54.1 Å². The Bertz CT molecular complexity index is 1390. The molecule has 196 valence electrons. The summed E-state index contributed by atoms with van der Waals surface area (Å²) < 4.78 is 82.6. The Morgan fingerprint density at radius 2 is 1.81 bits per heavy atom. The number of benzene rings is 1. The van der Waals surface area contributed by atoms with Gasteiger partial charge >= 0.3 is 23.9 Å². The first-order chi connectivity index (χ1) is 20.4. The van der Waals surface area contributed by atoms with Crippen molar-refractivity contribution in [3.8, 4) is 0 Å². The quantitative estimate of drug-likeness (QED) is 0.255. The van der Waals surface area contributed by atoms with Crippen molar-refractivity contribution >= 4 is 35.5 Å². The number of dihydropyridines is 1. The highest BCUT2D eigenvalue weighted by Crippen LogP contribution is 2.41. The average Bonchev–Trinajstić information content (AvgIpc) is 2.89. The van der Waals surface area contributed by atoms with Gasteiger partial charge in [-0.15, -0.1) is 0 Å².